The molecule has 1 atom stereocenters. The first kappa shape index (κ1) is 17.5. The van der Waals surface area contributed by atoms with E-state index in [1.807, 2.05) is 6.07 Å². The van der Waals surface area contributed by atoms with Crippen molar-refractivity contribution < 1.29 is 4.74 Å². The van der Waals surface area contributed by atoms with E-state index >= 15 is 0 Å². The molecule has 1 N–H and O–H groups in total. The Kier molecular flexibility index (Phi) is 4.48. The molecule has 0 spiro atoms. The van der Waals surface area contributed by atoms with Crippen molar-refractivity contribution in [3.05, 3.63) is 53.6 Å². The van der Waals surface area contributed by atoms with Crippen molar-refractivity contribution >= 4 is 22.9 Å². The molecule has 136 valence electrons. The molecule has 0 saturated carbocycles. The standard InChI is InChI=1S/C23H26ClNO/c1-15-14-23(2,3)25-18-12-11-17-16-8-4-5-9-19(16)26-20(10-6-7-13-24)22(17)21(15)18/h4-5,8-9,11-12,14,20,25H,6-7,10,13H2,1-3H3. The number of halogens is 1. The Labute approximate surface area is 161 Å². The number of fused-ring (bicyclic) bond motifs is 5. The van der Waals surface area contributed by atoms with Gasteiger partial charge in [0.1, 0.15) is 11.9 Å². The predicted molar refractivity (Wildman–Crippen MR) is 111 cm³/mol. The molecule has 2 nitrogen and oxygen atoms in total. The second-order valence-corrected chi connectivity index (χ2v) is 8.29. The van der Waals surface area contributed by atoms with E-state index in [1.165, 1.54) is 33.5 Å². The molecular formula is C23H26ClNO. The molecule has 2 aromatic carbocycles. The summed E-state index contributed by atoms with van der Waals surface area (Å²) in [7, 11) is 0. The van der Waals surface area contributed by atoms with Crippen molar-refractivity contribution in [1.29, 1.82) is 0 Å². The Balaban J connectivity index is 1.88. The number of benzene rings is 2. The second-order valence-electron chi connectivity index (χ2n) is 7.91. The van der Waals surface area contributed by atoms with Crippen LogP contribution in [0.3, 0.4) is 0 Å². The fourth-order valence-corrected chi connectivity index (χ4v) is 4.54. The molecule has 4 rings (SSSR count). The lowest BCUT2D eigenvalue weighted by atomic mass is 9.81. The number of para-hydroxylation sites is 1. The third-order valence-corrected chi connectivity index (χ3v) is 5.56. The zero-order valence-electron chi connectivity index (χ0n) is 15.7. The number of hydrogen-bond acceptors (Lipinski definition) is 2. The monoisotopic (exact) mass is 367 g/mol. The summed E-state index contributed by atoms with van der Waals surface area (Å²) in [5.74, 6) is 1.69. The van der Waals surface area contributed by atoms with Crippen molar-refractivity contribution in [2.24, 2.45) is 0 Å². The molecule has 2 aliphatic heterocycles. The van der Waals surface area contributed by atoms with E-state index in [-0.39, 0.29) is 11.6 Å². The van der Waals surface area contributed by atoms with Crippen LogP contribution in [0.5, 0.6) is 5.75 Å². The van der Waals surface area contributed by atoms with Gasteiger partial charge in [0.2, 0.25) is 0 Å². The van der Waals surface area contributed by atoms with Gasteiger partial charge in [-0.05, 0) is 63.3 Å². The summed E-state index contributed by atoms with van der Waals surface area (Å²) >= 11 is 5.91. The van der Waals surface area contributed by atoms with E-state index < -0.39 is 0 Å². The molecule has 3 heteroatoms. The largest absolute Gasteiger partial charge is 0.485 e. The number of ether oxygens (including phenoxy) is 1. The average Bonchev–Trinajstić information content (AvgIpc) is 2.60. The van der Waals surface area contributed by atoms with E-state index in [0.29, 0.717) is 5.88 Å². The Hall–Kier alpha value is -1.93. The van der Waals surface area contributed by atoms with E-state index in [2.05, 4.69) is 62.5 Å². The summed E-state index contributed by atoms with van der Waals surface area (Å²) < 4.78 is 6.47. The van der Waals surface area contributed by atoms with Crippen molar-refractivity contribution in [3.63, 3.8) is 0 Å². The first-order chi connectivity index (χ1) is 12.5. The highest BCUT2D eigenvalue weighted by molar-refractivity contribution is 6.17. The number of unbranched alkanes of at least 4 members (excludes halogenated alkanes) is 1. The SMILES string of the molecule is CC1=CC(C)(C)Nc2ccc3c(c21)C(CCCCCl)Oc1ccccc1-3. The molecule has 2 heterocycles. The van der Waals surface area contributed by atoms with E-state index in [4.69, 9.17) is 16.3 Å². The predicted octanol–water partition coefficient (Wildman–Crippen LogP) is 6.80. The minimum Gasteiger partial charge on any atom is -0.485 e. The number of allylic oxidation sites excluding steroid dienone is 1. The lowest BCUT2D eigenvalue weighted by Gasteiger charge is -2.37. The Morgan fingerprint density at radius 2 is 1.88 bits per heavy atom. The third kappa shape index (κ3) is 3.01. The summed E-state index contributed by atoms with van der Waals surface area (Å²) in [6.07, 6.45) is 5.48. The van der Waals surface area contributed by atoms with Crippen LogP contribution in [0.15, 0.2) is 42.5 Å². The molecule has 0 amide bonds. The summed E-state index contributed by atoms with van der Waals surface area (Å²) in [4.78, 5) is 0. The van der Waals surface area contributed by atoms with Crippen LogP contribution >= 0.6 is 11.6 Å². The Morgan fingerprint density at radius 1 is 1.08 bits per heavy atom. The van der Waals surface area contributed by atoms with Gasteiger partial charge in [-0.1, -0.05) is 30.3 Å². The van der Waals surface area contributed by atoms with Gasteiger partial charge in [-0.25, -0.2) is 0 Å². The van der Waals surface area contributed by atoms with E-state index in [9.17, 15) is 0 Å². The molecule has 0 aliphatic carbocycles. The zero-order chi connectivity index (χ0) is 18.3. The third-order valence-electron chi connectivity index (χ3n) is 5.29. The van der Waals surface area contributed by atoms with Crippen LogP contribution < -0.4 is 10.1 Å². The number of nitrogens with one attached hydrogen (secondary N) is 1. The first-order valence-electron chi connectivity index (χ1n) is 9.47. The lowest BCUT2D eigenvalue weighted by Crippen LogP contribution is -2.32. The van der Waals surface area contributed by atoms with Crippen LogP contribution in [0.4, 0.5) is 5.69 Å². The van der Waals surface area contributed by atoms with Crippen LogP contribution in [-0.4, -0.2) is 11.4 Å². The fourth-order valence-electron chi connectivity index (χ4n) is 4.35. The molecule has 1 unspecified atom stereocenters. The van der Waals surface area contributed by atoms with Crippen LogP contribution in [0.1, 0.15) is 57.3 Å². The van der Waals surface area contributed by atoms with Crippen molar-refractivity contribution in [3.8, 4) is 16.9 Å². The van der Waals surface area contributed by atoms with Gasteiger partial charge in [0, 0.05) is 28.3 Å². The second kappa shape index (κ2) is 6.66. The molecule has 0 fully saturated rings. The van der Waals surface area contributed by atoms with Gasteiger partial charge in [0.25, 0.3) is 0 Å². The number of anilines is 1. The summed E-state index contributed by atoms with van der Waals surface area (Å²) in [6, 6.07) is 12.9. The minimum atomic E-state index is -0.0348. The van der Waals surface area contributed by atoms with Gasteiger partial charge < -0.3 is 10.1 Å². The van der Waals surface area contributed by atoms with Gasteiger partial charge in [-0.2, -0.15) is 0 Å². The number of hydrogen-bond donors (Lipinski definition) is 1. The van der Waals surface area contributed by atoms with Crippen LogP contribution in [-0.2, 0) is 0 Å². The molecule has 0 saturated heterocycles. The first-order valence-corrected chi connectivity index (χ1v) is 10.0. The van der Waals surface area contributed by atoms with Gasteiger partial charge in [-0.3, -0.25) is 0 Å². The summed E-state index contributed by atoms with van der Waals surface area (Å²) in [5, 5.41) is 3.68. The topological polar surface area (TPSA) is 21.3 Å². The van der Waals surface area contributed by atoms with Crippen LogP contribution in [0.25, 0.3) is 16.7 Å². The van der Waals surface area contributed by atoms with Crippen LogP contribution in [0, 0.1) is 0 Å². The highest BCUT2D eigenvalue weighted by atomic mass is 35.5. The molecule has 0 radical (unpaired) electrons. The number of rotatable bonds is 4. The quantitative estimate of drug-likeness (QED) is 0.473. The average molecular weight is 368 g/mol. The van der Waals surface area contributed by atoms with Crippen molar-refractivity contribution in [2.45, 2.75) is 51.7 Å². The molecule has 26 heavy (non-hydrogen) atoms. The summed E-state index contributed by atoms with van der Waals surface area (Å²) in [6.45, 7) is 6.64. The maximum Gasteiger partial charge on any atom is 0.128 e. The van der Waals surface area contributed by atoms with Crippen molar-refractivity contribution in [2.75, 3.05) is 11.2 Å². The van der Waals surface area contributed by atoms with Gasteiger partial charge >= 0.3 is 0 Å². The van der Waals surface area contributed by atoms with Gasteiger partial charge in [-0.15, -0.1) is 11.6 Å². The molecule has 2 aromatic rings. The van der Waals surface area contributed by atoms with Gasteiger partial charge in [0.15, 0.2) is 0 Å². The van der Waals surface area contributed by atoms with Crippen LogP contribution in [0.2, 0.25) is 0 Å². The molecule has 0 aromatic heterocycles. The van der Waals surface area contributed by atoms with Gasteiger partial charge in [0.05, 0.1) is 5.54 Å². The summed E-state index contributed by atoms with van der Waals surface area (Å²) in [5.41, 5.74) is 7.63. The maximum atomic E-state index is 6.47. The Morgan fingerprint density at radius 3 is 2.69 bits per heavy atom. The molecule has 2 aliphatic rings. The fraction of sp³-hybridized carbons (Fsp3) is 0.391. The molecular weight excluding hydrogens is 342 g/mol. The number of alkyl halides is 1. The molecule has 0 bridgehead atoms. The smallest absolute Gasteiger partial charge is 0.128 e. The highest BCUT2D eigenvalue weighted by Crippen LogP contribution is 2.49. The van der Waals surface area contributed by atoms with Crippen molar-refractivity contribution in [1.82, 2.24) is 0 Å². The Bertz CT molecular complexity index is 869. The lowest BCUT2D eigenvalue weighted by molar-refractivity contribution is 0.188. The van der Waals surface area contributed by atoms with E-state index in [1.54, 1.807) is 0 Å². The highest BCUT2D eigenvalue weighted by Gasteiger charge is 2.33. The normalized spacial score (nSPS) is 19.4. The minimum absolute atomic E-state index is 0.0348. The zero-order valence-corrected chi connectivity index (χ0v) is 16.5. The maximum absolute atomic E-state index is 6.47. The van der Waals surface area contributed by atoms with E-state index in [0.717, 1.165) is 25.0 Å².